The summed E-state index contributed by atoms with van der Waals surface area (Å²) in [4.78, 5) is 4.09. The van der Waals surface area contributed by atoms with Crippen molar-refractivity contribution >= 4 is 12.3 Å². The molecule has 0 spiro atoms. The molecule has 1 aromatic heterocycles. The largest absolute Gasteiger partial charge is 1.00 e. The van der Waals surface area contributed by atoms with Crippen LogP contribution in [-0.4, -0.2) is 30.1 Å². The summed E-state index contributed by atoms with van der Waals surface area (Å²) >= 11 is 0. The van der Waals surface area contributed by atoms with Gasteiger partial charge < -0.3 is 14.0 Å². The second-order valence-corrected chi connectivity index (χ2v) is 5.60. The van der Waals surface area contributed by atoms with Gasteiger partial charge in [0.2, 0.25) is 0 Å². The van der Waals surface area contributed by atoms with Gasteiger partial charge in [-0.2, -0.15) is 0 Å². The van der Waals surface area contributed by atoms with Crippen molar-refractivity contribution in [2.24, 2.45) is 0 Å². The third-order valence-electron chi connectivity index (χ3n) is 2.47. The Hall–Kier alpha value is -0.378. The molecular weight excluding hydrogens is 267 g/mol. The molecule has 0 aromatic carbocycles. The third kappa shape index (κ3) is 6.50. The first kappa shape index (κ1) is 20.6. The Balaban J connectivity index is 0.00000400. The predicted molar refractivity (Wildman–Crippen MR) is 78.2 cm³/mol. The predicted octanol–water partition coefficient (Wildman–Crippen LogP) is -0.354. The van der Waals surface area contributed by atoms with Crippen molar-refractivity contribution < 1.29 is 37.2 Å². The fourth-order valence-corrected chi connectivity index (χ4v) is 1.98. The number of hydrogen-bond acceptors (Lipinski definition) is 4. The van der Waals surface area contributed by atoms with E-state index in [1.54, 1.807) is 6.07 Å². The maximum atomic E-state index is 13.1. The van der Waals surface area contributed by atoms with Crippen LogP contribution < -0.4 is 24.5 Å². The van der Waals surface area contributed by atoms with Crippen LogP contribution in [0, 0.1) is 5.82 Å². The van der Waals surface area contributed by atoms with E-state index in [0.717, 1.165) is 6.20 Å². The Morgan fingerprint density at radius 2 is 1.33 bits per heavy atom. The van der Waals surface area contributed by atoms with Crippen molar-refractivity contribution in [1.29, 1.82) is 0 Å². The maximum Gasteiger partial charge on any atom is 1.00 e. The molecule has 0 saturated heterocycles. The van der Waals surface area contributed by atoms with E-state index in [2.05, 4.69) is 4.98 Å². The van der Waals surface area contributed by atoms with Gasteiger partial charge in [-0.25, -0.2) is 4.39 Å². The Morgan fingerprint density at radius 1 is 0.905 bits per heavy atom. The first-order valence-corrected chi connectivity index (χ1v) is 7.04. The molecule has 0 aliphatic carbocycles. The van der Waals surface area contributed by atoms with Gasteiger partial charge in [0, 0.05) is 18.3 Å². The molecule has 0 saturated carbocycles. The summed E-state index contributed by atoms with van der Waals surface area (Å²) in [5, 5.41) is 0. The minimum Gasteiger partial charge on any atom is -0.538 e. The fraction of sp³-hybridized carbons (Fsp3) is 0.643. The van der Waals surface area contributed by atoms with Crippen molar-refractivity contribution in [3.63, 3.8) is 0 Å². The molecule has 21 heavy (non-hydrogen) atoms. The van der Waals surface area contributed by atoms with Gasteiger partial charge >= 0.3 is 25.6 Å². The van der Waals surface area contributed by atoms with E-state index in [1.807, 2.05) is 41.5 Å². The zero-order valence-corrected chi connectivity index (χ0v) is 14.1. The second-order valence-electron chi connectivity index (χ2n) is 5.60. The Morgan fingerprint density at radius 3 is 1.62 bits per heavy atom. The Labute approximate surface area is 139 Å². The van der Waals surface area contributed by atoms with Crippen molar-refractivity contribution in [2.75, 3.05) is 0 Å². The number of hydrogen-bond donors (Lipinski definition) is 0. The first-order valence-electron chi connectivity index (χ1n) is 7.04. The normalized spacial score (nSPS) is 12.1. The second kappa shape index (κ2) is 8.92. The minimum atomic E-state index is -2.21. The summed E-state index contributed by atoms with van der Waals surface area (Å²) in [6.07, 6.45) is 0.807. The molecule has 4 nitrogen and oxygen atoms in total. The molecule has 0 aliphatic heterocycles. The quantitative estimate of drug-likeness (QED) is 0.644. The van der Waals surface area contributed by atoms with Gasteiger partial charge in [-0.05, 0) is 53.2 Å². The number of nitrogens with zero attached hydrogens (tertiary/aromatic N) is 1. The van der Waals surface area contributed by atoms with E-state index in [-0.39, 0.29) is 37.2 Å². The summed E-state index contributed by atoms with van der Waals surface area (Å²) in [7, 11) is 0. The average molecular weight is 291 g/mol. The van der Waals surface area contributed by atoms with Crippen molar-refractivity contribution in [3.8, 4) is 0 Å². The minimum absolute atomic E-state index is 0. The van der Waals surface area contributed by atoms with Gasteiger partial charge in [0.25, 0.3) is 0 Å². The molecule has 7 heteroatoms. The molecule has 0 aliphatic rings. The van der Waals surface area contributed by atoms with Crippen molar-refractivity contribution in [1.82, 2.24) is 4.98 Å². The van der Waals surface area contributed by atoms with Crippen LogP contribution in [0.1, 0.15) is 41.5 Å². The Bertz CT molecular complexity index is 389. The molecule has 0 unspecified atom stereocenters. The number of pyridine rings is 1. The zero-order chi connectivity index (χ0) is 15.3. The van der Waals surface area contributed by atoms with Crippen LogP contribution in [0.5, 0.6) is 0 Å². The van der Waals surface area contributed by atoms with Gasteiger partial charge in [0.15, 0.2) is 0 Å². The number of rotatable bonds is 7. The van der Waals surface area contributed by atoms with Crippen LogP contribution in [-0.2, 0) is 14.0 Å². The summed E-state index contributed by atoms with van der Waals surface area (Å²) in [5.74, 6) is -0.405. The summed E-state index contributed by atoms with van der Waals surface area (Å²) in [6, 6.07) is 2.87. The van der Waals surface area contributed by atoms with Gasteiger partial charge in [-0.3, -0.25) is 4.98 Å². The summed E-state index contributed by atoms with van der Waals surface area (Å²) < 4.78 is 30.8. The van der Waals surface area contributed by atoms with Crippen LogP contribution in [0.3, 0.4) is 0 Å². The van der Waals surface area contributed by atoms with Crippen molar-refractivity contribution in [3.05, 3.63) is 24.1 Å². The maximum absolute atomic E-state index is 13.1. The van der Waals surface area contributed by atoms with Gasteiger partial charge in [0.1, 0.15) is 5.82 Å². The van der Waals surface area contributed by atoms with Crippen molar-refractivity contribution in [2.45, 2.75) is 59.9 Å². The average Bonchev–Trinajstić information content (AvgIpc) is 2.26. The van der Waals surface area contributed by atoms with Crippen LogP contribution >= 0.6 is 0 Å². The molecule has 0 bridgehead atoms. The monoisotopic (exact) mass is 291 g/mol. The summed E-state index contributed by atoms with van der Waals surface area (Å²) in [6.45, 7) is 9.17. The van der Waals surface area contributed by atoms with E-state index < -0.39 is 12.6 Å². The van der Waals surface area contributed by atoms with E-state index in [9.17, 15) is 4.39 Å². The molecule has 0 fully saturated rings. The molecule has 1 aromatic rings. The zero-order valence-electron chi connectivity index (χ0n) is 14.1. The molecular formula is C14H24BFLiNO3. The molecule has 1 heterocycles. The Kier molecular flexibility index (Phi) is 8.76. The molecule has 0 atom stereocenters. The molecule has 0 radical (unpaired) electrons. The van der Waals surface area contributed by atoms with Gasteiger partial charge in [-0.15, -0.1) is 0 Å². The standard InChI is InChI=1S/C14H24BFNO3.Li/c1-10(2)18-15(19-11(3)4,20-12(5)6)14-8-7-13(16)9-17-14;/h7-12H,1-6H3;/q-1;+1. The SMILES string of the molecule is CC(C)O[B-](OC(C)C)(OC(C)C)c1ccc(F)cn1.[Li+]. The van der Waals surface area contributed by atoms with E-state index in [1.165, 1.54) is 6.07 Å². The fourth-order valence-electron chi connectivity index (χ4n) is 1.98. The third-order valence-corrected chi connectivity index (χ3v) is 2.47. The first-order chi connectivity index (χ1) is 9.25. The smallest absolute Gasteiger partial charge is 0.538 e. The van der Waals surface area contributed by atoms with Crippen LogP contribution in [0.25, 0.3) is 0 Å². The number of aromatic nitrogens is 1. The van der Waals surface area contributed by atoms with Crippen LogP contribution in [0.4, 0.5) is 4.39 Å². The van der Waals surface area contributed by atoms with Gasteiger partial charge in [0.05, 0.1) is 6.20 Å². The van der Waals surface area contributed by atoms with E-state index in [4.69, 9.17) is 14.0 Å². The van der Waals surface area contributed by atoms with Crippen LogP contribution in [0.2, 0.25) is 0 Å². The van der Waals surface area contributed by atoms with Crippen LogP contribution in [0.15, 0.2) is 18.3 Å². The number of halogens is 1. The molecule has 114 valence electrons. The van der Waals surface area contributed by atoms with E-state index in [0.29, 0.717) is 5.59 Å². The molecule has 0 N–H and O–H groups in total. The summed E-state index contributed by atoms with van der Waals surface area (Å²) in [5.41, 5.74) is 0.461. The molecule has 0 amide bonds. The topological polar surface area (TPSA) is 40.6 Å². The van der Waals surface area contributed by atoms with E-state index >= 15 is 0 Å². The molecule has 1 rings (SSSR count). The van der Waals surface area contributed by atoms with Gasteiger partial charge in [-0.1, -0.05) is 6.07 Å².